The Kier molecular flexibility index (Phi) is 13.8. The van der Waals surface area contributed by atoms with Crippen LogP contribution in [0.15, 0.2) is 24.3 Å². The van der Waals surface area contributed by atoms with Crippen LogP contribution in [0.4, 0.5) is 0 Å². The molecule has 0 spiro atoms. The van der Waals surface area contributed by atoms with Gasteiger partial charge in [-0.1, -0.05) is 84.5 Å². The quantitative estimate of drug-likeness (QED) is 0.169. The molecule has 0 aromatic heterocycles. The standard InChI is InChI=1S/C30H47NO3/c1-3-5-7-9-10-11-13-21-30(25-31)22-19-28(20-23-30)34-29(32)26-15-17-27(18-16-26)33-24-14-12-8-6-4-2/h15-18,28H,3-14,19-24H2,1-2H3/t28-,30-. The SMILES string of the molecule is CCCCCCCCC[C@]1(C#N)CC[C@H](OC(=O)c2ccc(OCCCCCCC)cc2)CC1. The molecule has 4 heteroatoms. The fourth-order valence-corrected chi connectivity index (χ4v) is 4.90. The van der Waals surface area contributed by atoms with Crippen molar-refractivity contribution in [1.29, 1.82) is 5.26 Å². The molecule has 1 aromatic rings. The molecule has 1 aliphatic carbocycles. The Balaban J connectivity index is 1.66. The van der Waals surface area contributed by atoms with Gasteiger partial charge in [-0.2, -0.15) is 5.26 Å². The fraction of sp³-hybridized carbons (Fsp3) is 0.733. The van der Waals surface area contributed by atoms with Gasteiger partial charge in [0.2, 0.25) is 0 Å². The number of unbranched alkanes of at least 4 members (excludes halogenated alkanes) is 10. The van der Waals surface area contributed by atoms with Gasteiger partial charge in [0.15, 0.2) is 0 Å². The summed E-state index contributed by atoms with van der Waals surface area (Å²) in [6, 6.07) is 9.90. The van der Waals surface area contributed by atoms with E-state index in [-0.39, 0.29) is 17.5 Å². The van der Waals surface area contributed by atoms with Crippen molar-refractivity contribution in [2.75, 3.05) is 6.61 Å². The van der Waals surface area contributed by atoms with Crippen LogP contribution in [-0.4, -0.2) is 18.7 Å². The van der Waals surface area contributed by atoms with Crippen LogP contribution in [0.25, 0.3) is 0 Å². The maximum absolute atomic E-state index is 12.6. The van der Waals surface area contributed by atoms with Crippen LogP contribution in [-0.2, 0) is 4.74 Å². The van der Waals surface area contributed by atoms with E-state index >= 15 is 0 Å². The van der Waals surface area contributed by atoms with Gasteiger partial charge >= 0.3 is 5.97 Å². The summed E-state index contributed by atoms with van der Waals surface area (Å²) in [5.41, 5.74) is 0.345. The van der Waals surface area contributed by atoms with E-state index in [2.05, 4.69) is 19.9 Å². The molecule has 1 saturated carbocycles. The van der Waals surface area contributed by atoms with Crippen molar-refractivity contribution >= 4 is 5.97 Å². The Labute approximate surface area is 208 Å². The second-order valence-corrected chi connectivity index (χ2v) is 10.2. The lowest BCUT2D eigenvalue weighted by atomic mass is 9.71. The molecule has 1 aliphatic rings. The lowest BCUT2D eigenvalue weighted by molar-refractivity contribution is 0.0105. The molecule has 34 heavy (non-hydrogen) atoms. The first-order valence-electron chi connectivity index (χ1n) is 14.0. The molecule has 0 unspecified atom stereocenters. The number of carbonyl (C=O) groups is 1. The van der Waals surface area contributed by atoms with E-state index < -0.39 is 0 Å². The van der Waals surface area contributed by atoms with E-state index in [1.54, 1.807) is 12.1 Å². The summed E-state index contributed by atoms with van der Waals surface area (Å²) in [5, 5.41) is 9.83. The zero-order chi connectivity index (χ0) is 24.5. The molecule has 2 rings (SSSR count). The topological polar surface area (TPSA) is 59.3 Å². The molecule has 0 N–H and O–H groups in total. The first-order chi connectivity index (χ1) is 16.6. The Bertz CT molecular complexity index is 714. The van der Waals surface area contributed by atoms with E-state index in [1.807, 2.05) is 12.1 Å². The van der Waals surface area contributed by atoms with Gasteiger partial charge in [-0.15, -0.1) is 0 Å². The summed E-state index contributed by atoms with van der Waals surface area (Å²) in [6.07, 6.45) is 19.1. The molecule has 0 amide bonds. The van der Waals surface area contributed by atoms with Crippen molar-refractivity contribution in [3.63, 3.8) is 0 Å². The van der Waals surface area contributed by atoms with E-state index in [0.29, 0.717) is 5.56 Å². The summed E-state index contributed by atoms with van der Waals surface area (Å²) in [6.45, 7) is 5.18. The van der Waals surface area contributed by atoms with Crippen molar-refractivity contribution in [2.24, 2.45) is 5.41 Å². The zero-order valence-electron chi connectivity index (χ0n) is 21.8. The first kappa shape index (κ1) is 28.2. The molecule has 0 aliphatic heterocycles. The molecule has 0 heterocycles. The normalized spacial score (nSPS) is 20.0. The van der Waals surface area contributed by atoms with E-state index in [9.17, 15) is 10.1 Å². The maximum Gasteiger partial charge on any atom is 0.338 e. The van der Waals surface area contributed by atoms with Crippen molar-refractivity contribution in [1.82, 2.24) is 0 Å². The molecule has 0 atom stereocenters. The van der Waals surface area contributed by atoms with Gasteiger partial charge in [-0.25, -0.2) is 4.79 Å². The van der Waals surface area contributed by atoms with Crippen LogP contribution < -0.4 is 4.74 Å². The molecule has 0 radical (unpaired) electrons. The number of hydrogen-bond acceptors (Lipinski definition) is 4. The molecule has 190 valence electrons. The number of hydrogen-bond donors (Lipinski definition) is 0. The minimum Gasteiger partial charge on any atom is -0.494 e. The summed E-state index contributed by atoms with van der Waals surface area (Å²) in [7, 11) is 0. The van der Waals surface area contributed by atoms with Gasteiger partial charge in [0.05, 0.1) is 23.7 Å². The highest BCUT2D eigenvalue weighted by Gasteiger charge is 2.36. The summed E-state index contributed by atoms with van der Waals surface area (Å²) in [5.74, 6) is 0.529. The third-order valence-electron chi connectivity index (χ3n) is 7.27. The van der Waals surface area contributed by atoms with Crippen LogP contribution in [0, 0.1) is 16.7 Å². The smallest absolute Gasteiger partial charge is 0.338 e. The highest BCUT2D eigenvalue weighted by Crippen LogP contribution is 2.41. The number of carbonyl (C=O) groups excluding carboxylic acids is 1. The fourth-order valence-electron chi connectivity index (χ4n) is 4.90. The summed E-state index contributed by atoms with van der Waals surface area (Å²) >= 11 is 0. The van der Waals surface area contributed by atoms with E-state index in [4.69, 9.17) is 9.47 Å². The maximum atomic E-state index is 12.6. The molecule has 0 bridgehead atoms. The third-order valence-corrected chi connectivity index (χ3v) is 7.27. The van der Waals surface area contributed by atoms with Gasteiger partial charge in [0.1, 0.15) is 11.9 Å². The number of ether oxygens (including phenoxy) is 2. The molecular formula is C30H47NO3. The van der Waals surface area contributed by atoms with Crippen molar-refractivity contribution < 1.29 is 14.3 Å². The molecule has 0 saturated heterocycles. The number of esters is 1. The minimum atomic E-state index is -0.271. The molecule has 1 fully saturated rings. The van der Waals surface area contributed by atoms with Gasteiger partial charge in [-0.3, -0.25) is 0 Å². The number of rotatable bonds is 17. The van der Waals surface area contributed by atoms with Crippen molar-refractivity contribution in [3.8, 4) is 11.8 Å². The highest BCUT2D eigenvalue weighted by molar-refractivity contribution is 5.89. The number of nitriles is 1. The largest absolute Gasteiger partial charge is 0.494 e. The minimum absolute atomic E-state index is 0.0814. The van der Waals surface area contributed by atoms with Crippen LogP contribution in [0.1, 0.15) is 133 Å². The zero-order valence-corrected chi connectivity index (χ0v) is 21.8. The van der Waals surface area contributed by atoms with Gasteiger partial charge in [0.25, 0.3) is 0 Å². The second kappa shape index (κ2) is 16.6. The van der Waals surface area contributed by atoms with Crippen LogP contribution in [0.3, 0.4) is 0 Å². The highest BCUT2D eigenvalue weighted by atomic mass is 16.5. The van der Waals surface area contributed by atoms with Gasteiger partial charge in [-0.05, 0) is 62.8 Å². The molecular weight excluding hydrogens is 422 g/mol. The average molecular weight is 470 g/mol. The van der Waals surface area contributed by atoms with Gasteiger partial charge < -0.3 is 9.47 Å². The lowest BCUT2D eigenvalue weighted by Crippen LogP contribution is -2.31. The lowest BCUT2D eigenvalue weighted by Gasteiger charge is -2.34. The summed E-state index contributed by atoms with van der Waals surface area (Å²) in [4.78, 5) is 12.6. The number of nitrogens with zero attached hydrogens (tertiary/aromatic N) is 1. The van der Waals surface area contributed by atoms with E-state index in [0.717, 1.165) is 57.3 Å². The summed E-state index contributed by atoms with van der Waals surface area (Å²) < 4.78 is 11.6. The Morgan fingerprint density at radius 1 is 0.882 bits per heavy atom. The average Bonchev–Trinajstić information content (AvgIpc) is 2.87. The van der Waals surface area contributed by atoms with E-state index in [1.165, 1.54) is 64.2 Å². The molecule has 1 aromatic carbocycles. The molecule has 4 nitrogen and oxygen atoms in total. The van der Waals surface area contributed by atoms with Gasteiger partial charge in [0, 0.05) is 0 Å². The van der Waals surface area contributed by atoms with Crippen molar-refractivity contribution in [3.05, 3.63) is 29.8 Å². The van der Waals surface area contributed by atoms with Crippen molar-refractivity contribution in [2.45, 2.75) is 129 Å². The monoisotopic (exact) mass is 469 g/mol. The van der Waals surface area contributed by atoms with Crippen LogP contribution in [0.5, 0.6) is 5.75 Å². The second-order valence-electron chi connectivity index (χ2n) is 10.2. The Morgan fingerprint density at radius 3 is 2.03 bits per heavy atom. The Morgan fingerprint density at radius 2 is 1.44 bits per heavy atom. The number of benzene rings is 1. The third kappa shape index (κ3) is 10.5. The first-order valence-corrected chi connectivity index (χ1v) is 14.0. The van der Waals surface area contributed by atoms with Crippen LogP contribution in [0.2, 0.25) is 0 Å². The Hall–Kier alpha value is -2.02. The van der Waals surface area contributed by atoms with Crippen LogP contribution >= 0.6 is 0 Å². The predicted molar refractivity (Wildman–Crippen MR) is 139 cm³/mol. The predicted octanol–water partition coefficient (Wildman–Crippen LogP) is 8.79.